The molecule has 1 N–H and O–H groups in total. The molecule has 7 heteroatoms. The Labute approximate surface area is 162 Å². The van der Waals surface area contributed by atoms with E-state index in [1.807, 2.05) is 37.1 Å². The van der Waals surface area contributed by atoms with Crippen LogP contribution < -0.4 is 15.6 Å². The van der Waals surface area contributed by atoms with Crippen LogP contribution in [0, 0.1) is 12.7 Å². The van der Waals surface area contributed by atoms with Crippen LogP contribution in [-0.4, -0.2) is 29.3 Å². The molecule has 1 aromatic heterocycles. The van der Waals surface area contributed by atoms with Crippen molar-refractivity contribution < 1.29 is 9.18 Å². The lowest BCUT2D eigenvalue weighted by Gasteiger charge is -2.17. The molecular weight excluding hydrogens is 359 g/mol. The molecule has 0 aliphatic rings. The van der Waals surface area contributed by atoms with Crippen LogP contribution in [0.25, 0.3) is 5.69 Å². The molecule has 6 nitrogen and oxygen atoms in total. The highest BCUT2D eigenvalue weighted by Crippen LogP contribution is 2.19. The van der Waals surface area contributed by atoms with Gasteiger partial charge in [0.2, 0.25) is 5.43 Å². The number of carbonyl (C=O) groups excluding carboxylic acids is 1. The van der Waals surface area contributed by atoms with Gasteiger partial charge in [-0.25, -0.2) is 9.07 Å². The van der Waals surface area contributed by atoms with Crippen LogP contribution in [0.5, 0.6) is 0 Å². The topological polar surface area (TPSA) is 67.2 Å². The number of aryl methyl sites for hydroxylation is 1. The monoisotopic (exact) mass is 380 g/mol. The summed E-state index contributed by atoms with van der Waals surface area (Å²) in [4.78, 5) is 27.0. The van der Waals surface area contributed by atoms with E-state index < -0.39 is 17.2 Å². The molecule has 0 spiro atoms. The van der Waals surface area contributed by atoms with Crippen LogP contribution >= 0.6 is 0 Å². The minimum Gasteiger partial charge on any atom is -0.375 e. The van der Waals surface area contributed by atoms with Gasteiger partial charge in [-0.2, -0.15) is 5.10 Å². The van der Waals surface area contributed by atoms with Gasteiger partial charge in [0.25, 0.3) is 5.91 Å². The van der Waals surface area contributed by atoms with E-state index in [4.69, 9.17) is 0 Å². The van der Waals surface area contributed by atoms with Gasteiger partial charge in [-0.3, -0.25) is 9.59 Å². The second kappa shape index (κ2) is 8.04. The van der Waals surface area contributed by atoms with Crippen molar-refractivity contribution in [1.29, 1.82) is 0 Å². The van der Waals surface area contributed by atoms with Crippen LogP contribution in [0.2, 0.25) is 0 Å². The van der Waals surface area contributed by atoms with Gasteiger partial charge in [-0.15, -0.1) is 0 Å². The van der Waals surface area contributed by atoms with Crippen molar-refractivity contribution >= 4 is 17.3 Å². The van der Waals surface area contributed by atoms with E-state index in [2.05, 4.69) is 10.4 Å². The molecule has 0 saturated carbocycles. The minimum absolute atomic E-state index is 0.167. The maximum atomic E-state index is 14.1. The highest BCUT2D eigenvalue weighted by molar-refractivity contribution is 6.02. The van der Waals surface area contributed by atoms with Gasteiger partial charge in [0.05, 0.1) is 0 Å². The molecule has 0 saturated heterocycles. The van der Waals surface area contributed by atoms with Crippen molar-refractivity contribution in [2.24, 2.45) is 0 Å². The molecule has 0 fully saturated rings. The number of carbonyl (C=O) groups is 1. The predicted molar refractivity (Wildman–Crippen MR) is 108 cm³/mol. The minimum atomic E-state index is -0.647. The summed E-state index contributed by atoms with van der Waals surface area (Å²) < 4.78 is 15.4. The summed E-state index contributed by atoms with van der Waals surface area (Å²) in [5.74, 6) is -1.14. The molecule has 0 unspecified atom stereocenters. The summed E-state index contributed by atoms with van der Waals surface area (Å²) in [5.41, 5.74) is 1.24. The fourth-order valence-electron chi connectivity index (χ4n) is 2.77. The van der Waals surface area contributed by atoms with Crippen LogP contribution in [0.4, 0.5) is 15.8 Å². The van der Waals surface area contributed by atoms with E-state index in [1.54, 1.807) is 25.1 Å². The van der Waals surface area contributed by atoms with Gasteiger partial charge in [-0.1, -0.05) is 18.2 Å². The Morgan fingerprint density at radius 3 is 2.64 bits per heavy atom. The van der Waals surface area contributed by atoms with Gasteiger partial charge < -0.3 is 10.2 Å². The summed E-state index contributed by atoms with van der Waals surface area (Å²) in [6.45, 7) is 4.46. The molecule has 0 atom stereocenters. The normalized spacial score (nSPS) is 10.6. The highest BCUT2D eigenvalue weighted by Gasteiger charge is 2.17. The summed E-state index contributed by atoms with van der Waals surface area (Å²) in [6.07, 6.45) is 0. The molecule has 0 radical (unpaired) electrons. The van der Waals surface area contributed by atoms with E-state index >= 15 is 0 Å². The Kier molecular flexibility index (Phi) is 5.54. The third kappa shape index (κ3) is 3.93. The molecule has 0 aliphatic heterocycles. The fourth-order valence-corrected chi connectivity index (χ4v) is 2.77. The lowest BCUT2D eigenvalue weighted by Crippen LogP contribution is -2.27. The SMILES string of the molecule is CCN(C)c1cccc(NC(=O)c2nn(-c3ccccc3F)c(C)cc2=O)c1. The quantitative estimate of drug-likeness (QED) is 0.737. The largest absolute Gasteiger partial charge is 0.375 e. The standard InChI is InChI=1S/C21H21FN4O2/c1-4-25(3)16-9-7-8-15(13-16)23-21(28)20-19(27)12-14(2)26(24-20)18-11-6-5-10-17(18)22/h5-13H,4H2,1-3H3,(H,23,28). The average Bonchev–Trinajstić information content (AvgIpc) is 2.68. The number of benzene rings is 2. The van der Waals surface area contributed by atoms with Crippen molar-refractivity contribution in [3.05, 3.63) is 82.0 Å². The zero-order valence-electron chi connectivity index (χ0n) is 15.9. The number of amides is 1. The van der Waals surface area contributed by atoms with E-state index in [-0.39, 0.29) is 11.4 Å². The fraction of sp³-hybridized carbons (Fsp3) is 0.190. The Hall–Kier alpha value is -3.48. The Balaban J connectivity index is 1.96. The van der Waals surface area contributed by atoms with Crippen LogP contribution in [-0.2, 0) is 0 Å². The number of aromatic nitrogens is 2. The first kappa shape index (κ1) is 19.3. The number of hydrogen-bond donors (Lipinski definition) is 1. The molecule has 1 heterocycles. The smallest absolute Gasteiger partial charge is 0.280 e. The third-order valence-electron chi connectivity index (χ3n) is 4.42. The predicted octanol–water partition coefficient (Wildman–Crippen LogP) is 3.39. The van der Waals surface area contributed by atoms with Gasteiger partial charge in [0, 0.05) is 36.7 Å². The summed E-state index contributed by atoms with van der Waals surface area (Å²) in [6, 6.07) is 14.6. The number of anilines is 2. The number of nitrogens with one attached hydrogen (secondary N) is 1. The van der Waals surface area contributed by atoms with Crippen LogP contribution in [0.1, 0.15) is 23.1 Å². The van der Waals surface area contributed by atoms with E-state index in [9.17, 15) is 14.0 Å². The zero-order chi connectivity index (χ0) is 20.3. The van der Waals surface area contributed by atoms with Gasteiger partial charge in [-0.05, 0) is 44.2 Å². The number of hydrogen-bond acceptors (Lipinski definition) is 4. The molecule has 28 heavy (non-hydrogen) atoms. The number of nitrogens with zero attached hydrogens (tertiary/aromatic N) is 3. The molecule has 0 bridgehead atoms. The molecule has 1 amide bonds. The maximum absolute atomic E-state index is 14.1. The first-order valence-electron chi connectivity index (χ1n) is 8.89. The second-order valence-electron chi connectivity index (χ2n) is 6.38. The van der Waals surface area contributed by atoms with E-state index in [1.165, 1.54) is 22.9 Å². The van der Waals surface area contributed by atoms with Crippen molar-refractivity contribution in [1.82, 2.24) is 9.78 Å². The highest BCUT2D eigenvalue weighted by atomic mass is 19.1. The number of halogens is 1. The molecule has 3 rings (SSSR count). The Morgan fingerprint density at radius 1 is 1.18 bits per heavy atom. The maximum Gasteiger partial charge on any atom is 0.280 e. The molecule has 144 valence electrons. The van der Waals surface area contributed by atoms with E-state index in [0.717, 1.165) is 12.2 Å². The second-order valence-corrected chi connectivity index (χ2v) is 6.38. The van der Waals surface area contributed by atoms with Gasteiger partial charge in [0.1, 0.15) is 11.5 Å². The van der Waals surface area contributed by atoms with Gasteiger partial charge >= 0.3 is 0 Å². The Bertz CT molecular complexity index is 1080. The number of para-hydroxylation sites is 1. The van der Waals surface area contributed by atoms with Crippen molar-refractivity contribution in [3.63, 3.8) is 0 Å². The van der Waals surface area contributed by atoms with Crippen LogP contribution in [0.15, 0.2) is 59.4 Å². The molecule has 3 aromatic rings. The summed E-state index contributed by atoms with van der Waals surface area (Å²) in [7, 11) is 1.94. The van der Waals surface area contributed by atoms with Gasteiger partial charge in [0.15, 0.2) is 5.69 Å². The van der Waals surface area contributed by atoms with E-state index in [0.29, 0.717) is 11.4 Å². The first-order valence-corrected chi connectivity index (χ1v) is 8.89. The average molecular weight is 380 g/mol. The summed E-state index contributed by atoms with van der Waals surface area (Å²) in [5, 5.41) is 6.81. The van der Waals surface area contributed by atoms with Crippen LogP contribution in [0.3, 0.4) is 0 Å². The van der Waals surface area contributed by atoms with Crippen molar-refractivity contribution in [3.8, 4) is 5.69 Å². The number of rotatable bonds is 5. The summed E-state index contributed by atoms with van der Waals surface area (Å²) >= 11 is 0. The molecule has 2 aromatic carbocycles. The zero-order valence-corrected chi connectivity index (χ0v) is 15.9. The lowest BCUT2D eigenvalue weighted by molar-refractivity contribution is 0.101. The molecule has 0 aliphatic carbocycles. The molecular formula is C21H21FN4O2. The van der Waals surface area contributed by atoms with Crippen molar-refractivity contribution in [2.45, 2.75) is 13.8 Å². The first-order chi connectivity index (χ1) is 13.4. The van der Waals surface area contributed by atoms with Crippen molar-refractivity contribution in [2.75, 3.05) is 23.8 Å². The third-order valence-corrected chi connectivity index (χ3v) is 4.42. The lowest BCUT2D eigenvalue weighted by atomic mass is 10.2. The Morgan fingerprint density at radius 2 is 1.93 bits per heavy atom.